The zero-order valence-corrected chi connectivity index (χ0v) is 11.6. The first-order valence-electron chi connectivity index (χ1n) is 6.28. The molecule has 1 unspecified atom stereocenters. The topological polar surface area (TPSA) is 49.9 Å². The predicted octanol–water partition coefficient (Wildman–Crippen LogP) is 3.64. The van der Waals surface area contributed by atoms with Gasteiger partial charge in [0.1, 0.15) is 0 Å². The Bertz CT molecular complexity index is 511. The van der Waals surface area contributed by atoms with E-state index in [1.807, 2.05) is 48.2 Å². The van der Waals surface area contributed by atoms with E-state index >= 15 is 0 Å². The molecule has 2 aromatic rings. The molecule has 0 bridgehead atoms. The van der Waals surface area contributed by atoms with Crippen LogP contribution in [-0.4, -0.2) is 11.6 Å². The Morgan fingerprint density at radius 2 is 1.58 bits per heavy atom. The average Bonchev–Trinajstić information content (AvgIpc) is 2.45. The van der Waals surface area contributed by atoms with Gasteiger partial charge >= 0.3 is 0 Å². The van der Waals surface area contributed by atoms with Gasteiger partial charge in [0.25, 0.3) is 0 Å². The minimum atomic E-state index is 0.00918. The molecular weight excluding hydrogens is 252 g/mol. The van der Waals surface area contributed by atoms with Gasteiger partial charge in [-0.15, -0.1) is 0 Å². The number of amidine groups is 1. The zero-order valence-electron chi connectivity index (χ0n) is 10.8. The van der Waals surface area contributed by atoms with E-state index in [0.29, 0.717) is 0 Å². The molecule has 0 spiro atoms. The molecule has 0 amide bonds. The quantitative estimate of drug-likeness (QED) is 0.622. The van der Waals surface area contributed by atoms with E-state index in [-0.39, 0.29) is 11.8 Å². The Hall–Kier alpha value is -1.74. The lowest BCUT2D eigenvalue weighted by Crippen LogP contribution is -2.22. The van der Waals surface area contributed by atoms with Gasteiger partial charge < -0.3 is 5.73 Å². The van der Waals surface area contributed by atoms with Crippen molar-refractivity contribution in [3.8, 4) is 0 Å². The van der Waals surface area contributed by atoms with E-state index in [4.69, 9.17) is 11.1 Å². The van der Waals surface area contributed by atoms with Crippen LogP contribution in [0.1, 0.15) is 17.0 Å². The number of benzene rings is 2. The van der Waals surface area contributed by atoms with E-state index in [1.54, 1.807) is 0 Å². The highest BCUT2D eigenvalue weighted by atomic mass is 32.2. The molecule has 0 saturated heterocycles. The summed E-state index contributed by atoms with van der Waals surface area (Å²) < 4.78 is 0. The summed E-state index contributed by atoms with van der Waals surface area (Å²) in [5, 5.41) is 7.74. The molecule has 0 fully saturated rings. The maximum absolute atomic E-state index is 7.74. The molecule has 3 N–H and O–H groups in total. The van der Waals surface area contributed by atoms with Crippen molar-refractivity contribution >= 4 is 17.6 Å². The highest BCUT2D eigenvalue weighted by molar-refractivity contribution is 7.98. The molecule has 0 saturated carbocycles. The third kappa shape index (κ3) is 4.14. The monoisotopic (exact) mass is 270 g/mol. The summed E-state index contributed by atoms with van der Waals surface area (Å²) in [6.45, 7) is 0. The normalized spacial score (nSPS) is 12.0. The summed E-state index contributed by atoms with van der Waals surface area (Å²) in [4.78, 5) is 0. The number of hydrogen-bond donors (Lipinski definition) is 2. The largest absolute Gasteiger partial charge is 0.387 e. The van der Waals surface area contributed by atoms with E-state index in [9.17, 15) is 0 Å². The second kappa shape index (κ2) is 7.00. The molecule has 2 nitrogen and oxygen atoms in total. The van der Waals surface area contributed by atoms with Gasteiger partial charge in [-0.1, -0.05) is 60.7 Å². The third-order valence-corrected chi connectivity index (χ3v) is 4.08. The SMILES string of the molecule is N=C(N)C(CSCc1ccccc1)c1ccccc1. The van der Waals surface area contributed by atoms with E-state index in [1.165, 1.54) is 5.56 Å². The second-order valence-corrected chi connectivity index (χ2v) is 5.45. The lowest BCUT2D eigenvalue weighted by molar-refractivity contribution is 1.01. The van der Waals surface area contributed by atoms with Crippen LogP contribution < -0.4 is 5.73 Å². The van der Waals surface area contributed by atoms with Crippen molar-refractivity contribution in [3.63, 3.8) is 0 Å². The highest BCUT2D eigenvalue weighted by Gasteiger charge is 2.14. The van der Waals surface area contributed by atoms with E-state index in [2.05, 4.69) is 24.3 Å². The molecule has 0 aliphatic carbocycles. The van der Waals surface area contributed by atoms with Crippen molar-refractivity contribution in [2.24, 2.45) is 5.73 Å². The molecule has 0 aliphatic heterocycles. The highest BCUT2D eigenvalue weighted by Crippen LogP contribution is 2.23. The lowest BCUT2D eigenvalue weighted by Gasteiger charge is -2.15. The minimum absolute atomic E-state index is 0.00918. The van der Waals surface area contributed by atoms with E-state index < -0.39 is 0 Å². The molecule has 0 aromatic heterocycles. The fraction of sp³-hybridized carbons (Fsp3) is 0.188. The van der Waals surface area contributed by atoms with Gasteiger partial charge in [0.05, 0.1) is 5.84 Å². The summed E-state index contributed by atoms with van der Waals surface area (Å²) in [7, 11) is 0. The summed E-state index contributed by atoms with van der Waals surface area (Å²) in [5.74, 6) is 2.05. The Labute approximate surface area is 118 Å². The van der Waals surface area contributed by atoms with Crippen LogP contribution in [0.5, 0.6) is 0 Å². The molecule has 0 heterocycles. The molecule has 2 aromatic carbocycles. The number of hydrogen-bond acceptors (Lipinski definition) is 2. The van der Waals surface area contributed by atoms with Crippen LogP contribution >= 0.6 is 11.8 Å². The van der Waals surface area contributed by atoms with Crippen molar-refractivity contribution in [2.45, 2.75) is 11.7 Å². The van der Waals surface area contributed by atoms with Gasteiger partial charge in [-0.3, -0.25) is 5.41 Å². The van der Waals surface area contributed by atoms with Crippen LogP contribution in [0.25, 0.3) is 0 Å². The maximum atomic E-state index is 7.74. The first-order valence-corrected chi connectivity index (χ1v) is 7.43. The molecule has 2 rings (SSSR count). The molecule has 98 valence electrons. The van der Waals surface area contributed by atoms with Gasteiger partial charge in [0, 0.05) is 17.4 Å². The lowest BCUT2D eigenvalue weighted by atomic mass is 10.0. The van der Waals surface area contributed by atoms with Crippen molar-refractivity contribution < 1.29 is 0 Å². The fourth-order valence-corrected chi connectivity index (χ4v) is 3.07. The average molecular weight is 270 g/mol. The van der Waals surface area contributed by atoms with Crippen LogP contribution in [0.4, 0.5) is 0 Å². The van der Waals surface area contributed by atoms with Gasteiger partial charge in [-0.2, -0.15) is 11.8 Å². The van der Waals surface area contributed by atoms with Crippen LogP contribution in [0.2, 0.25) is 0 Å². The van der Waals surface area contributed by atoms with Crippen LogP contribution in [0, 0.1) is 5.41 Å². The van der Waals surface area contributed by atoms with E-state index in [0.717, 1.165) is 17.1 Å². The Morgan fingerprint density at radius 1 is 1.00 bits per heavy atom. The molecule has 0 aliphatic rings. The molecule has 3 heteroatoms. The first kappa shape index (κ1) is 13.7. The zero-order chi connectivity index (χ0) is 13.5. The number of rotatable bonds is 6. The standard InChI is InChI=1S/C16H18N2S/c17-16(18)15(14-9-5-2-6-10-14)12-19-11-13-7-3-1-4-8-13/h1-10,15H,11-12H2,(H3,17,18). The van der Waals surface area contributed by atoms with Crippen molar-refractivity contribution in [3.05, 3.63) is 71.8 Å². The van der Waals surface area contributed by atoms with Gasteiger partial charge in [-0.25, -0.2) is 0 Å². The first-order chi connectivity index (χ1) is 9.27. The van der Waals surface area contributed by atoms with Crippen molar-refractivity contribution in [1.29, 1.82) is 5.41 Å². The number of nitrogens with one attached hydrogen (secondary N) is 1. The Balaban J connectivity index is 1.94. The summed E-state index contributed by atoms with van der Waals surface area (Å²) >= 11 is 1.82. The second-order valence-electron chi connectivity index (χ2n) is 4.42. The van der Waals surface area contributed by atoms with Crippen LogP contribution in [-0.2, 0) is 5.75 Å². The van der Waals surface area contributed by atoms with Gasteiger partial charge in [-0.05, 0) is 11.1 Å². The van der Waals surface area contributed by atoms with Crippen molar-refractivity contribution in [2.75, 3.05) is 5.75 Å². The third-order valence-electron chi connectivity index (χ3n) is 2.97. The van der Waals surface area contributed by atoms with Gasteiger partial charge in [0.2, 0.25) is 0 Å². The number of thioether (sulfide) groups is 1. The van der Waals surface area contributed by atoms with Crippen molar-refractivity contribution in [1.82, 2.24) is 0 Å². The fourth-order valence-electron chi connectivity index (χ4n) is 1.92. The maximum Gasteiger partial charge on any atom is 0.0990 e. The molecule has 1 atom stereocenters. The summed E-state index contributed by atoms with van der Waals surface area (Å²) in [6, 6.07) is 20.4. The Morgan fingerprint density at radius 3 is 2.16 bits per heavy atom. The smallest absolute Gasteiger partial charge is 0.0990 e. The minimum Gasteiger partial charge on any atom is -0.387 e. The molecule has 19 heavy (non-hydrogen) atoms. The van der Waals surface area contributed by atoms with Crippen LogP contribution in [0.15, 0.2) is 60.7 Å². The number of nitrogens with two attached hydrogens (primary N) is 1. The summed E-state index contributed by atoms with van der Waals surface area (Å²) in [6.07, 6.45) is 0. The molecular formula is C16H18N2S. The van der Waals surface area contributed by atoms with Gasteiger partial charge in [0.15, 0.2) is 0 Å². The molecule has 0 radical (unpaired) electrons. The van der Waals surface area contributed by atoms with Crippen LogP contribution in [0.3, 0.4) is 0 Å². The summed E-state index contributed by atoms with van der Waals surface area (Å²) in [5.41, 5.74) is 8.15. The Kier molecular flexibility index (Phi) is 5.04. The predicted molar refractivity (Wildman–Crippen MR) is 83.7 cm³/mol.